The number of carbonyl (C=O) groups is 1. The Morgan fingerprint density at radius 2 is 1.81 bits per heavy atom. The molecule has 1 aromatic heterocycles. The van der Waals surface area contributed by atoms with Crippen molar-refractivity contribution in [3.8, 4) is 0 Å². The molecule has 2 aromatic carbocycles. The standard InChI is InChI=1S/C20H18F3N3O/c21-20(22,23)14-7-5-13(6-8-14)19(27)24-15-9-10-17-16(12-15)25-18-4-2-1-3-11-26(17)18/h5-10,12H,1-4,11H2,(H,24,27). The van der Waals surface area contributed by atoms with Crippen LogP contribution in [-0.2, 0) is 19.1 Å². The Morgan fingerprint density at radius 1 is 1.04 bits per heavy atom. The molecule has 0 atom stereocenters. The molecule has 1 aliphatic rings. The fourth-order valence-corrected chi connectivity index (χ4v) is 3.44. The van der Waals surface area contributed by atoms with Crippen molar-refractivity contribution < 1.29 is 18.0 Å². The van der Waals surface area contributed by atoms with Gasteiger partial charge in [0.15, 0.2) is 0 Å². The second kappa shape index (κ2) is 6.72. The van der Waals surface area contributed by atoms with Gasteiger partial charge in [-0.2, -0.15) is 13.2 Å². The number of rotatable bonds is 2. The number of imidazole rings is 1. The number of hydrogen-bond acceptors (Lipinski definition) is 2. The van der Waals surface area contributed by atoms with Crippen LogP contribution in [0.3, 0.4) is 0 Å². The van der Waals surface area contributed by atoms with Crippen LogP contribution in [0.15, 0.2) is 42.5 Å². The number of halogens is 3. The van der Waals surface area contributed by atoms with E-state index in [1.54, 1.807) is 12.1 Å². The lowest BCUT2D eigenvalue weighted by Crippen LogP contribution is -2.12. The van der Waals surface area contributed by atoms with Crippen LogP contribution < -0.4 is 5.32 Å². The zero-order valence-corrected chi connectivity index (χ0v) is 14.5. The van der Waals surface area contributed by atoms with E-state index in [0.717, 1.165) is 54.8 Å². The van der Waals surface area contributed by atoms with Crippen molar-refractivity contribution in [3.05, 3.63) is 59.4 Å². The summed E-state index contributed by atoms with van der Waals surface area (Å²) in [6, 6.07) is 9.70. The number of aromatic nitrogens is 2. The molecule has 0 fully saturated rings. The van der Waals surface area contributed by atoms with Gasteiger partial charge >= 0.3 is 6.18 Å². The van der Waals surface area contributed by atoms with E-state index in [1.807, 2.05) is 6.07 Å². The average Bonchev–Trinajstić information content (AvgIpc) is 2.81. The van der Waals surface area contributed by atoms with Crippen LogP contribution in [0.5, 0.6) is 0 Å². The maximum atomic E-state index is 12.6. The lowest BCUT2D eigenvalue weighted by molar-refractivity contribution is -0.137. The third-order valence-electron chi connectivity index (χ3n) is 4.84. The van der Waals surface area contributed by atoms with Crippen LogP contribution in [0.4, 0.5) is 18.9 Å². The molecule has 0 radical (unpaired) electrons. The summed E-state index contributed by atoms with van der Waals surface area (Å²) in [5.74, 6) is 0.609. The van der Waals surface area contributed by atoms with Crippen molar-refractivity contribution in [3.63, 3.8) is 0 Å². The van der Waals surface area contributed by atoms with E-state index < -0.39 is 17.6 Å². The minimum atomic E-state index is -4.42. The largest absolute Gasteiger partial charge is 0.416 e. The first-order valence-corrected chi connectivity index (χ1v) is 8.89. The molecule has 1 aliphatic heterocycles. The minimum absolute atomic E-state index is 0.170. The van der Waals surface area contributed by atoms with Gasteiger partial charge in [0.1, 0.15) is 5.82 Å². The smallest absolute Gasteiger partial charge is 0.328 e. The Hall–Kier alpha value is -2.83. The summed E-state index contributed by atoms with van der Waals surface area (Å²) >= 11 is 0. The molecular weight excluding hydrogens is 355 g/mol. The molecule has 0 saturated carbocycles. The molecule has 27 heavy (non-hydrogen) atoms. The maximum absolute atomic E-state index is 12.6. The molecule has 4 nitrogen and oxygen atoms in total. The predicted molar refractivity (Wildman–Crippen MR) is 96.7 cm³/mol. The van der Waals surface area contributed by atoms with Gasteiger partial charge in [0, 0.05) is 24.2 Å². The third-order valence-corrected chi connectivity index (χ3v) is 4.84. The van der Waals surface area contributed by atoms with Gasteiger partial charge in [0.2, 0.25) is 0 Å². The van der Waals surface area contributed by atoms with Gasteiger partial charge < -0.3 is 9.88 Å². The fourth-order valence-electron chi connectivity index (χ4n) is 3.44. The summed E-state index contributed by atoms with van der Waals surface area (Å²) in [6.07, 6.45) is -0.0150. The number of amides is 1. The van der Waals surface area contributed by atoms with Gasteiger partial charge in [-0.1, -0.05) is 6.42 Å². The Balaban J connectivity index is 1.55. The van der Waals surface area contributed by atoms with Gasteiger partial charge in [0.25, 0.3) is 5.91 Å². The lowest BCUT2D eigenvalue weighted by Gasteiger charge is -2.09. The van der Waals surface area contributed by atoms with Crippen molar-refractivity contribution in [2.75, 3.05) is 5.32 Å². The molecule has 0 spiro atoms. The Kier molecular flexibility index (Phi) is 4.37. The number of aryl methyl sites for hydroxylation is 2. The normalized spacial score (nSPS) is 14.6. The Morgan fingerprint density at radius 3 is 2.56 bits per heavy atom. The molecule has 2 heterocycles. The summed E-state index contributed by atoms with van der Waals surface area (Å²) in [6.45, 7) is 0.948. The van der Waals surface area contributed by atoms with Crippen LogP contribution in [0, 0.1) is 0 Å². The molecule has 4 rings (SSSR count). The number of benzene rings is 2. The SMILES string of the molecule is O=C(Nc1ccc2c(c1)nc1n2CCCCC1)c1ccc(C(F)(F)F)cc1. The van der Waals surface area contributed by atoms with Crippen molar-refractivity contribution >= 4 is 22.6 Å². The van der Waals surface area contributed by atoms with Crippen LogP contribution in [0.1, 0.15) is 41.0 Å². The molecule has 0 saturated heterocycles. The molecular formula is C20H18F3N3O. The first kappa shape index (κ1) is 17.6. The molecule has 1 amide bonds. The van der Waals surface area contributed by atoms with Gasteiger partial charge in [-0.15, -0.1) is 0 Å². The summed E-state index contributed by atoms with van der Waals surface area (Å²) < 4.78 is 40.1. The minimum Gasteiger partial charge on any atom is -0.328 e. The van der Waals surface area contributed by atoms with E-state index in [-0.39, 0.29) is 5.56 Å². The lowest BCUT2D eigenvalue weighted by atomic mass is 10.1. The number of anilines is 1. The van der Waals surface area contributed by atoms with Crippen LogP contribution in [0.2, 0.25) is 0 Å². The van der Waals surface area contributed by atoms with E-state index in [9.17, 15) is 18.0 Å². The topological polar surface area (TPSA) is 46.9 Å². The van der Waals surface area contributed by atoms with E-state index in [4.69, 9.17) is 0 Å². The molecule has 0 unspecified atom stereocenters. The van der Waals surface area contributed by atoms with E-state index >= 15 is 0 Å². The number of carbonyl (C=O) groups excluding carboxylic acids is 1. The number of nitrogens with one attached hydrogen (secondary N) is 1. The zero-order valence-electron chi connectivity index (χ0n) is 14.5. The number of hydrogen-bond donors (Lipinski definition) is 1. The predicted octanol–water partition coefficient (Wildman–Crippen LogP) is 5.03. The van der Waals surface area contributed by atoms with Crippen LogP contribution >= 0.6 is 0 Å². The highest BCUT2D eigenvalue weighted by atomic mass is 19.4. The first-order valence-electron chi connectivity index (χ1n) is 8.89. The van der Waals surface area contributed by atoms with E-state index in [1.165, 1.54) is 18.6 Å². The monoisotopic (exact) mass is 373 g/mol. The number of alkyl halides is 3. The van der Waals surface area contributed by atoms with Crippen molar-refractivity contribution in [1.82, 2.24) is 9.55 Å². The highest BCUT2D eigenvalue weighted by Crippen LogP contribution is 2.29. The van der Waals surface area contributed by atoms with Crippen molar-refractivity contribution in [1.29, 1.82) is 0 Å². The zero-order chi connectivity index (χ0) is 19.0. The average molecular weight is 373 g/mol. The quantitative estimate of drug-likeness (QED) is 0.685. The fraction of sp³-hybridized carbons (Fsp3) is 0.300. The molecule has 0 bridgehead atoms. The maximum Gasteiger partial charge on any atom is 0.416 e. The molecule has 3 aromatic rings. The summed E-state index contributed by atoms with van der Waals surface area (Å²) in [4.78, 5) is 17.0. The van der Waals surface area contributed by atoms with Gasteiger partial charge in [-0.05, 0) is 55.3 Å². The molecule has 1 N–H and O–H groups in total. The van der Waals surface area contributed by atoms with Crippen LogP contribution in [0.25, 0.3) is 11.0 Å². The summed E-state index contributed by atoms with van der Waals surface area (Å²) in [5.41, 5.74) is 1.82. The second-order valence-corrected chi connectivity index (χ2v) is 6.72. The number of fused-ring (bicyclic) bond motifs is 3. The molecule has 0 aliphatic carbocycles. The van der Waals surface area contributed by atoms with Crippen molar-refractivity contribution in [2.45, 2.75) is 38.4 Å². The van der Waals surface area contributed by atoms with Crippen molar-refractivity contribution in [2.24, 2.45) is 0 Å². The van der Waals surface area contributed by atoms with Crippen LogP contribution in [-0.4, -0.2) is 15.5 Å². The highest BCUT2D eigenvalue weighted by molar-refractivity contribution is 6.05. The first-order chi connectivity index (χ1) is 12.9. The van der Waals surface area contributed by atoms with E-state index in [2.05, 4.69) is 14.9 Å². The van der Waals surface area contributed by atoms with E-state index in [0.29, 0.717) is 5.69 Å². The summed E-state index contributed by atoms with van der Waals surface area (Å²) in [7, 11) is 0. The number of nitrogens with zero attached hydrogens (tertiary/aromatic N) is 2. The Labute approximate surface area is 154 Å². The van der Waals surface area contributed by atoms with Gasteiger partial charge in [0.05, 0.1) is 16.6 Å². The highest BCUT2D eigenvalue weighted by Gasteiger charge is 2.30. The second-order valence-electron chi connectivity index (χ2n) is 6.72. The van der Waals surface area contributed by atoms with Gasteiger partial charge in [-0.25, -0.2) is 4.98 Å². The third kappa shape index (κ3) is 3.54. The Bertz CT molecular complexity index is 990. The molecule has 7 heteroatoms. The van der Waals surface area contributed by atoms with Gasteiger partial charge in [-0.3, -0.25) is 4.79 Å². The molecule has 140 valence electrons. The summed E-state index contributed by atoms with van der Waals surface area (Å²) in [5, 5.41) is 2.73.